The lowest BCUT2D eigenvalue weighted by Crippen LogP contribution is -2.17. The molecule has 0 unspecified atom stereocenters. The van der Waals surface area contributed by atoms with Gasteiger partial charge in [-0.15, -0.1) is 18.3 Å². The molecule has 202 valence electrons. The number of hydrogen-bond donors (Lipinski definition) is 0. The summed E-state index contributed by atoms with van der Waals surface area (Å²) < 4.78 is 47.6. The predicted octanol–water partition coefficient (Wildman–Crippen LogP) is 6.65. The molecule has 0 atom stereocenters. The Hall–Kier alpha value is -4.05. The second kappa shape index (κ2) is 12.2. The number of carbonyl (C=O) groups excluding carboxylic acids is 1. The van der Waals surface area contributed by atoms with E-state index >= 15 is 0 Å². The molecule has 0 amide bonds. The second-order valence-electron chi connectivity index (χ2n) is 8.97. The molecule has 0 aliphatic rings. The van der Waals surface area contributed by atoms with E-state index in [0.717, 1.165) is 28.0 Å². The smallest absolute Gasteiger partial charge is 0.497 e. The topological polar surface area (TPSA) is 66.2 Å². The van der Waals surface area contributed by atoms with E-state index in [1.807, 2.05) is 49.4 Å². The standard InChI is InChI=1S/C29H26F3N3O3S/c1-19-15-26(37-2)12-8-22(19)16-27(39)17-24(36)11-5-20-3-6-21(7-4-20)28-33-18-35(34-28)23-9-13-25(14-10-23)38-29(30,31)32/h3-4,6-10,12-15,18H,5,11,16-17H2,1-2H3. The van der Waals surface area contributed by atoms with Crippen LogP contribution in [0.25, 0.3) is 17.1 Å². The molecule has 4 rings (SSSR count). The lowest BCUT2D eigenvalue weighted by Gasteiger charge is -2.09. The van der Waals surface area contributed by atoms with E-state index in [-0.39, 0.29) is 18.0 Å². The first-order chi connectivity index (χ1) is 18.6. The summed E-state index contributed by atoms with van der Waals surface area (Å²) in [4.78, 5) is 17.5. The molecule has 0 spiro atoms. The molecule has 0 aliphatic heterocycles. The van der Waals surface area contributed by atoms with Crippen LogP contribution in [0.1, 0.15) is 29.5 Å². The number of thiocarbonyl (C=S) groups is 1. The van der Waals surface area contributed by atoms with Crippen molar-refractivity contribution >= 4 is 22.9 Å². The Kier molecular flexibility index (Phi) is 8.75. The van der Waals surface area contributed by atoms with Gasteiger partial charge in [0.05, 0.1) is 12.8 Å². The van der Waals surface area contributed by atoms with Crippen molar-refractivity contribution in [1.82, 2.24) is 14.8 Å². The highest BCUT2D eigenvalue weighted by Crippen LogP contribution is 2.24. The maximum atomic E-state index is 12.5. The van der Waals surface area contributed by atoms with E-state index in [1.54, 1.807) is 7.11 Å². The van der Waals surface area contributed by atoms with Gasteiger partial charge in [-0.25, -0.2) is 9.67 Å². The van der Waals surface area contributed by atoms with E-state index in [4.69, 9.17) is 17.0 Å². The molecule has 3 aromatic carbocycles. The zero-order valence-corrected chi connectivity index (χ0v) is 22.2. The zero-order valence-electron chi connectivity index (χ0n) is 21.4. The fourth-order valence-corrected chi connectivity index (χ4v) is 4.32. The molecule has 0 bridgehead atoms. The first kappa shape index (κ1) is 28.0. The molecular weight excluding hydrogens is 527 g/mol. The average Bonchev–Trinajstić information content (AvgIpc) is 3.39. The van der Waals surface area contributed by atoms with Crippen molar-refractivity contribution in [3.63, 3.8) is 0 Å². The lowest BCUT2D eigenvalue weighted by molar-refractivity contribution is -0.274. The summed E-state index contributed by atoms with van der Waals surface area (Å²) in [5.41, 5.74) is 4.49. The van der Waals surface area contributed by atoms with Crippen LogP contribution in [0.15, 0.2) is 73.1 Å². The van der Waals surface area contributed by atoms with Crippen molar-refractivity contribution in [2.75, 3.05) is 7.11 Å². The number of hydrogen-bond acceptors (Lipinski definition) is 6. The SMILES string of the molecule is COc1ccc(CC(=S)CC(=O)CCc2ccc(-c3ncn(-c4ccc(OC(F)(F)F)cc4)n3)cc2)c(C)c1. The number of ether oxygens (including phenoxy) is 2. The fraction of sp³-hybridized carbons (Fsp3) is 0.241. The van der Waals surface area contributed by atoms with Crippen molar-refractivity contribution in [1.29, 1.82) is 0 Å². The number of nitrogens with zero attached hydrogens (tertiary/aromatic N) is 3. The third-order valence-corrected chi connectivity index (χ3v) is 6.35. The predicted molar refractivity (Wildman–Crippen MR) is 145 cm³/mol. The van der Waals surface area contributed by atoms with Crippen LogP contribution in [0.2, 0.25) is 0 Å². The van der Waals surface area contributed by atoms with Crippen LogP contribution >= 0.6 is 12.2 Å². The number of methoxy groups -OCH3 is 1. The quantitative estimate of drug-likeness (QED) is 0.194. The summed E-state index contributed by atoms with van der Waals surface area (Å²) in [6, 6.07) is 18.8. The first-order valence-corrected chi connectivity index (χ1v) is 12.5. The molecule has 0 saturated carbocycles. The molecule has 39 heavy (non-hydrogen) atoms. The minimum atomic E-state index is -4.74. The van der Waals surface area contributed by atoms with E-state index < -0.39 is 6.36 Å². The summed E-state index contributed by atoms with van der Waals surface area (Å²) in [6.45, 7) is 2.00. The Labute approximate surface area is 229 Å². The van der Waals surface area contributed by atoms with Gasteiger partial charge in [0.1, 0.15) is 23.6 Å². The van der Waals surface area contributed by atoms with Crippen molar-refractivity contribution in [3.8, 4) is 28.6 Å². The summed E-state index contributed by atoms with van der Waals surface area (Å²) in [7, 11) is 1.63. The highest BCUT2D eigenvalue weighted by molar-refractivity contribution is 7.80. The molecule has 0 radical (unpaired) electrons. The monoisotopic (exact) mass is 553 g/mol. The maximum Gasteiger partial charge on any atom is 0.573 e. The van der Waals surface area contributed by atoms with Gasteiger partial charge in [-0.2, -0.15) is 0 Å². The van der Waals surface area contributed by atoms with Crippen LogP contribution < -0.4 is 9.47 Å². The number of carbonyl (C=O) groups is 1. The zero-order chi connectivity index (χ0) is 28.0. The van der Waals surface area contributed by atoms with Crippen LogP contribution in [0.5, 0.6) is 11.5 Å². The van der Waals surface area contributed by atoms with Crippen LogP contribution in [0.3, 0.4) is 0 Å². The Balaban J connectivity index is 1.28. The summed E-state index contributed by atoms with van der Waals surface area (Å²) in [6.07, 6.45) is -1.43. The number of rotatable bonds is 11. The van der Waals surface area contributed by atoms with E-state index in [9.17, 15) is 18.0 Å². The molecule has 0 aliphatic carbocycles. The van der Waals surface area contributed by atoms with E-state index in [1.165, 1.54) is 35.3 Å². The van der Waals surface area contributed by atoms with Crippen LogP contribution in [0.4, 0.5) is 13.2 Å². The number of Topliss-reactive ketones (excluding diaryl/α,β-unsaturated/α-hetero) is 1. The Morgan fingerprint density at radius 1 is 1.00 bits per heavy atom. The number of aromatic nitrogens is 3. The van der Waals surface area contributed by atoms with E-state index in [0.29, 0.717) is 35.6 Å². The molecule has 1 aromatic heterocycles. The molecule has 0 N–H and O–H groups in total. The Morgan fingerprint density at radius 2 is 1.69 bits per heavy atom. The van der Waals surface area contributed by atoms with Crippen molar-refractivity contribution in [2.45, 2.75) is 39.0 Å². The second-order valence-corrected chi connectivity index (χ2v) is 9.55. The molecule has 1 heterocycles. The lowest BCUT2D eigenvalue weighted by atomic mass is 9.99. The maximum absolute atomic E-state index is 12.5. The van der Waals surface area contributed by atoms with Crippen molar-refractivity contribution in [3.05, 3.63) is 89.7 Å². The normalized spacial score (nSPS) is 11.3. The highest BCUT2D eigenvalue weighted by Gasteiger charge is 2.31. The summed E-state index contributed by atoms with van der Waals surface area (Å²) in [5, 5.41) is 4.41. The number of aryl methyl sites for hydroxylation is 2. The van der Waals surface area contributed by atoms with Gasteiger partial charge in [0.2, 0.25) is 0 Å². The van der Waals surface area contributed by atoms with Crippen molar-refractivity contribution in [2.24, 2.45) is 0 Å². The largest absolute Gasteiger partial charge is 0.573 e. The number of benzene rings is 3. The van der Waals surface area contributed by atoms with Crippen molar-refractivity contribution < 1.29 is 27.4 Å². The Morgan fingerprint density at radius 3 is 2.33 bits per heavy atom. The molecular formula is C29H26F3N3O3S. The number of alkyl halides is 3. The highest BCUT2D eigenvalue weighted by atomic mass is 32.1. The minimum absolute atomic E-state index is 0.0994. The van der Waals surface area contributed by atoms with Crippen LogP contribution in [-0.4, -0.2) is 38.9 Å². The van der Waals surface area contributed by atoms with Gasteiger partial charge in [-0.1, -0.05) is 42.5 Å². The molecule has 0 fully saturated rings. The summed E-state index contributed by atoms with van der Waals surface area (Å²) in [5.74, 6) is 1.05. The summed E-state index contributed by atoms with van der Waals surface area (Å²) >= 11 is 5.48. The third-order valence-electron chi connectivity index (χ3n) is 6.06. The third kappa shape index (κ3) is 7.97. The van der Waals surface area contributed by atoms with Gasteiger partial charge >= 0.3 is 6.36 Å². The van der Waals surface area contributed by atoms with Gasteiger partial charge < -0.3 is 9.47 Å². The first-order valence-electron chi connectivity index (χ1n) is 12.1. The van der Waals surface area contributed by atoms with Gasteiger partial charge in [-0.3, -0.25) is 4.79 Å². The Bertz CT molecular complexity index is 1450. The molecule has 6 nitrogen and oxygen atoms in total. The van der Waals surface area contributed by atoms with Gasteiger partial charge in [0, 0.05) is 29.7 Å². The van der Waals surface area contributed by atoms with Gasteiger partial charge in [0.15, 0.2) is 5.82 Å². The molecule has 10 heteroatoms. The minimum Gasteiger partial charge on any atom is -0.497 e. The van der Waals surface area contributed by atoms with Crippen LogP contribution in [0, 0.1) is 6.92 Å². The average molecular weight is 554 g/mol. The van der Waals surface area contributed by atoms with E-state index in [2.05, 4.69) is 14.8 Å². The molecule has 4 aromatic rings. The van der Waals surface area contributed by atoms with Gasteiger partial charge in [-0.05, 0) is 66.4 Å². The fourth-order valence-electron chi connectivity index (χ4n) is 4.00. The number of ketones is 1. The number of halogens is 3. The van der Waals surface area contributed by atoms with Gasteiger partial charge in [0.25, 0.3) is 0 Å². The van der Waals surface area contributed by atoms with Crippen LogP contribution in [-0.2, 0) is 17.6 Å². The molecule has 0 saturated heterocycles.